The fourth-order valence-corrected chi connectivity index (χ4v) is 3.64. The maximum absolute atomic E-state index is 2.50. The molecule has 0 nitrogen and oxygen atoms in total. The van der Waals surface area contributed by atoms with Crippen LogP contribution in [0.4, 0.5) is 0 Å². The summed E-state index contributed by atoms with van der Waals surface area (Å²) in [4.78, 5) is 0. The molecule has 1 aliphatic carbocycles. The Kier molecular flexibility index (Phi) is 6.74. The van der Waals surface area contributed by atoms with Gasteiger partial charge in [-0.25, -0.2) is 0 Å². The van der Waals surface area contributed by atoms with Gasteiger partial charge in [0.1, 0.15) is 0 Å². The first kappa shape index (κ1) is 16.1. The Morgan fingerprint density at radius 1 is 1.06 bits per heavy atom. The molecule has 0 radical (unpaired) electrons. The normalized spacial score (nSPS) is 25.8. The lowest BCUT2D eigenvalue weighted by molar-refractivity contribution is 0.0416. The van der Waals surface area contributed by atoms with Crippen LogP contribution < -0.4 is 0 Å². The molecule has 0 heteroatoms. The lowest BCUT2D eigenvalue weighted by Crippen LogP contribution is -2.36. The average molecular weight is 252 g/mol. The lowest BCUT2D eigenvalue weighted by Gasteiger charge is -2.46. The molecule has 0 bridgehead atoms. The molecule has 0 aromatic carbocycles. The van der Waals surface area contributed by atoms with Gasteiger partial charge in [-0.3, -0.25) is 0 Å². The third-order valence-electron chi connectivity index (χ3n) is 5.30. The molecule has 0 spiro atoms. The first-order valence-electron chi connectivity index (χ1n) is 8.49. The van der Waals surface area contributed by atoms with Crippen LogP contribution in [0.1, 0.15) is 92.4 Å². The van der Waals surface area contributed by atoms with Gasteiger partial charge in [0.25, 0.3) is 0 Å². The van der Waals surface area contributed by atoms with E-state index < -0.39 is 0 Å². The maximum atomic E-state index is 2.50. The van der Waals surface area contributed by atoms with Gasteiger partial charge >= 0.3 is 0 Å². The summed E-state index contributed by atoms with van der Waals surface area (Å²) >= 11 is 0. The highest BCUT2D eigenvalue weighted by Gasteiger charge is 2.39. The molecule has 0 heterocycles. The van der Waals surface area contributed by atoms with Gasteiger partial charge in [-0.2, -0.15) is 0 Å². The second-order valence-electron chi connectivity index (χ2n) is 7.61. The minimum absolute atomic E-state index is 0.610. The zero-order valence-corrected chi connectivity index (χ0v) is 13.6. The van der Waals surface area contributed by atoms with Gasteiger partial charge in [0.15, 0.2) is 0 Å². The minimum Gasteiger partial charge on any atom is -0.0654 e. The maximum Gasteiger partial charge on any atom is -0.0326 e. The highest BCUT2D eigenvalue weighted by Crippen LogP contribution is 2.49. The van der Waals surface area contributed by atoms with Crippen molar-refractivity contribution in [2.45, 2.75) is 92.4 Å². The van der Waals surface area contributed by atoms with Crippen molar-refractivity contribution in [1.82, 2.24) is 0 Å². The molecule has 0 N–H and O–H groups in total. The number of hydrogen-bond acceptors (Lipinski definition) is 0. The molecule has 1 atom stereocenters. The molecule has 18 heavy (non-hydrogen) atoms. The van der Waals surface area contributed by atoms with Crippen molar-refractivity contribution in [2.24, 2.45) is 23.2 Å². The molecule has 108 valence electrons. The van der Waals surface area contributed by atoms with Crippen molar-refractivity contribution in [3.63, 3.8) is 0 Å². The van der Waals surface area contributed by atoms with Gasteiger partial charge in [-0.05, 0) is 48.9 Å². The van der Waals surface area contributed by atoms with Crippen LogP contribution in [0.2, 0.25) is 0 Å². The van der Waals surface area contributed by atoms with E-state index in [9.17, 15) is 0 Å². The van der Waals surface area contributed by atoms with Crippen LogP contribution in [-0.2, 0) is 0 Å². The Morgan fingerprint density at radius 3 is 2.22 bits per heavy atom. The molecule has 0 saturated heterocycles. The molecule has 1 fully saturated rings. The molecule has 0 aromatic heterocycles. The van der Waals surface area contributed by atoms with Crippen LogP contribution in [0.3, 0.4) is 0 Å². The highest BCUT2D eigenvalue weighted by molar-refractivity contribution is 4.89. The Labute approximate surface area is 116 Å². The summed E-state index contributed by atoms with van der Waals surface area (Å²) in [6.45, 7) is 12.1. The standard InChI is InChI=1S/C18H36/c1-6-8-10-15(3)12-16-13-17(14-16)18(4,5)11-9-7-2/h15-17H,6-14H2,1-5H3. The van der Waals surface area contributed by atoms with Crippen molar-refractivity contribution in [2.75, 3.05) is 0 Å². The second-order valence-corrected chi connectivity index (χ2v) is 7.61. The van der Waals surface area contributed by atoms with Crippen molar-refractivity contribution in [3.05, 3.63) is 0 Å². The third-order valence-corrected chi connectivity index (χ3v) is 5.30. The summed E-state index contributed by atoms with van der Waals surface area (Å²) in [7, 11) is 0. The van der Waals surface area contributed by atoms with Crippen molar-refractivity contribution in [3.8, 4) is 0 Å². The van der Waals surface area contributed by atoms with Crippen LogP contribution in [0.25, 0.3) is 0 Å². The SMILES string of the molecule is CCCCC(C)CC1CC(C(C)(C)CCCC)C1. The second kappa shape index (κ2) is 7.56. The van der Waals surface area contributed by atoms with Crippen molar-refractivity contribution < 1.29 is 0 Å². The molecule has 0 aromatic rings. The molecule has 0 aliphatic heterocycles. The lowest BCUT2D eigenvalue weighted by atomic mass is 9.59. The Balaban J connectivity index is 2.18. The third kappa shape index (κ3) is 4.94. The summed E-state index contributed by atoms with van der Waals surface area (Å²) in [5, 5.41) is 0. The van der Waals surface area contributed by atoms with E-state index in [-0.39, 0.29) is 0 Å². The average Bonchev–Trinajstić information content (AvgIpc) is 2.27. The summed E-state index contributed by atoms with van der Waals surface area (Å²) in [5.41, 5.74) is 0.610. The van der Waals surface area contributed by atoms with Gasteiger partial charge in [-0.1, -0.05) is 66.7 Å². The highest BCUT2D eigenvalue weighted by atomic mass is 14.4. The zero-order valence-electron chi connectivity index (χ0n) is 13.6. The van der Waals surface area contributed by atoms with Crippen LogP contribution >= 0.6 is 0 Å². The van der Waals surface area contributed by atoms with E-state index >= 15 is 0 Å². The topological polar surface area (TPSA) is 0 Å². The van der Waals surface area contributed by atoms with Gasteiger partial charge < -0.3 is 0 Å². The van der Waals surface area contributed by atoms with Crippen LogP contribution in [0, 0.1) is 23.2 Å². The van der Waals surface area contributed by atoms with E-state index in [0.717, 1.165) is 17.8 Å². The van der Waals surface area contributed by atoms with Crippen LogP contribution in [0.15, 0.2) is 0 Å². The van der Waals surface area contributed by atoms with E-state index in [1.54, 1.807) is 0 Å². The Bertz CT molecular complexity index is 210. The Hall–Kier alpha value is 0. The van der Waals surface area contributed by atoms with Gasteiger partial charge in [0.05, 0.1) is 0 Å². The smallest absolute Gasteiger partial charge is 0.0326 e. The number of rotatable bonds is 9. The fraction of sp³-hybridized carbons (Fsp3) is 1.00. The van der Waals surface area contributed by atoms with E-state index in [0.29, 0.717) is 5.41 Å². The van der Waals surface area contributed by atoms with Gasteiger partial charge in [0.2, 0.25) is 0 Å². The monoisotopic (exact) mass is 252 g/mol. The van der Waals surface area contributed by atoms with E-state index in [4.69, 9.17) is 0 Å². The summed E-state index contributed by atoms with van der Waals surface area (Å²) in [6, 6.07) is 0. The minimum atomic E-state index is 0.610. The summed E-state index contributed by atoms with van der Waals surface area (Å²) in [6.07, 6.45) is 13.0. The molecular formula is C18H36. The first-order chi connectivity index (χ1) is 8.49. The van der Waals surface area contributed by atoms with E-state index in [2.05, 4.69) is 34.6 Å². The molecular weight excluding hydrogens is 216 g/mol. The molecule has 1 unspecified atom stereocenters. The van der Waals surface area contributed by atoms with Crippen molar-refractivity contribution >= 4 is 0 Å². The summed E-state index contributed by atoms with van der Waals surface area (Å²) in [5.74, 6) is 3.05. The number of hydrogen-bond donors (Lipinski definition) is 0. The van der Waals surface area contributed by atoms with E-state index in [1.807, 2.05) is 0 Å². The molecule has 1 saturated carbocycles. The van der Waals surface area contributed by atoms with Crippen LogP contribution in [0.5, 0.6) is 0 Å². The predicted molar refractivity (Wildman–Crippen MR) is 82.8 cm³/mol. The zero-order chi connectivity index (χ0) is 13.6. The van der Waals surface area contributed by atoms with Crippen LogP contribution in [-0.4, -0.2) is 0 Å². The predicted octanol–water partition coefficient (Wildman–Crippen LogP) is 6.45. The number of unbranched alkanes of at least 4 members (excludes halogenated alkanes) is 2. The van der Waals surface area contributed by atoms with Gasteiger partial charge in [0, 0.05) is 0 Å². The largest absolute Gasteiger partial charge is 0.0654 e. The van der Waals surface area contributed by atoms with Gasteiger partial charge in [-0.15, -0.1) is 0 Å². The Morgan fingerprint density at radius 2 is 1.67 bits per heavy atom. The fourth-order valence-electron chi connectivity index (χ4n) is 3.64. The molecule has 0 amide bonds. The van der Waals surface area contributed by atoms with E-state index in [1.165, 1.54) is 57.8 Å². The quantitative estimate of drug-likeness (QED) is 0.442. The first-order valence-corrected chi connectivity index (χ1v) is 8.49. The summed E-state index contributed by atoms with van der Waals surface area (Å²) < 4.78 is 0. The molecule has 1 aliphatic rings. The molecule has 1 rings (SSSR count). The van der Waals surface area contributed by atoms with Crippen molar-refractivity contribution in [1.29, 1.82) is 0 Å².